The van der Waals surface area contributed by atoms with Gasteiger partial charge >= 0.3 is 0 Å². The number of ether oxygens (including phenoxy) is 1. The standard InChI is InChI=1S/C12H16ClN3O3/c1-3-8(11(14)16-18)12(17)15-7-4-5-10(19-2)9(13)6-7/h4-6,8,18H,3H2,1-2H3,(H2,14,16)(H,15,17). The van der Waals surface area contributed by atoms with Crippen LogP contribution < -0.4 is 15.8 Å². The number of anilines is 1. The number of carbonyl (C=O) groups excluding carboxylic acids is 1. The number of benzene rings is 1. The van der Waals surface area contributed by atoms with E-state index in [9.17, 15) is 4.79 Å². The molecule has 19 heavy (non-hydrogen) atoms. The van der Waals surface area contributed by atoms with Gasteiger partial charge in [0.25, 0.3) is 0 Å². The maximum absolute atomic E-state index is 12.0. The number of halogens is 1. The number of methoxy groups -OCH3 is 1. The van der Waals surface area contributed by atoms with Crippen molar-refractivity contribution < 1.29 is 14.7 Å². The van der Waals surface area contributed by atoms with Crippen molar-refractivity contribution in [3.63, 3.8) is 0 Å². The first-order chi connectivity index (χ1) is 9.03. The van der Waals surface area contributed by atoms with E-state index in [4.69, 9.17) is 27.3 Å². The van der Waals surface area contributed by atoms with E-state index in [0.29, 0.717) is 22.9 Å². The second-order valence-corrected chi connectivity index (χ2v) is 4.23. The van der Waals surface area contributed by atoms with E-state index in [1.807, 2.05) is 0 Å². The first-order valence-corrected chi connectivity index (χ1v) is 6.03. The molecule has 0 spiro atoms. The van der Waals surface area contributed by atoms with E-state index in [0.717, 1.165) is 0 Å². The van der Waals surface area contributed by atoms with Gasteiger partial charge in [0, 0.05) is 5.69 Å². The number of amidine groups is 1. The van der Waals surface area contributed by atoms with Crippen molar-refractivity contribution in [2.45, 2.75) is 13.3 Å². The van der Waals surface area contributed by atoms with Crippen molar-refractivity contribution in [1.29, 1.82) is 0 Å². The van der Waals surface area contributed by atoms with Crippen LogP contribution in [-0.2, 0) is 4.79 Å². The Balaban J connectivity index is 2.84. The third-order valence-corrected chi connectivity index (χ3v) is 2.91. The van der Waals surface area contributed by atoms with Crippen molar-refractivity contribution in [2.24, 2.45) is 16.8 Å². The molecule has 4 N–H and O–H groups in total. The van der Waals surface area contributed by atoms with Crippen molar-refractivity contribution in [1.82, 2.24) is 0 Å². The highest BCUT2D eigenvalue weighted by molar-refractivity contribution is 6.32. The summed E-state index contributed by atoms with van der Waals surface area (Å²) in [6.07, 6.45) is 0.422. The zero-order valence-corrected chi connectivity index (χ0v) is 11.4. The summed E-state index contributed by atoms with van der Waals surface area (Å²) in [5.74, 6) is -0.660. The molecular weight excluding hydrogens is 270 g/mol. The average molecular weight is 286 g/mol. The number of nitrogens with zero attached hydrogens (tertiary/aromatic N) is 1. The summed E-state index contributed by atoms with van der Waals surface area (Å²) in [4.78, 5) is 12.0. The zero-order valence-electron chi connectivity index (χ0n) is 10.7. The zero-order chi connectivity index (χ0) is 14.4. The lowest BCUT2D eigenvalue weighted by atomic mass is 10.0. The Kier molecular flexibility index (Phi) is 5.44. The fraction of sp³-hybridized carbons (Fsp3) is 0.333. The molecule has 1 aromatic carbocycles. The van der Waals surface area contributed by atoms with Gasteiger partial charge in [0.15, 0.2) is 5.84 Å². The predicted octanol–water partition coefficient (Wildman–Crippen LogP) is 2.06. The second-order valence-electron chi connectivity index (χ2n) is 3.82. The first kappa shape index (κ1) is 15.1. The molecule has 0 aliphatic carbocycles. The third kappa shape index (κ3) is 3.75. The number of rotatable bonds is 5. The number of oxime groups is 1. The van der Waals surface area contributed by atoms with Gasteiger partial charge in [0.05, 0.1) is 18.1 Å². The summed E-state index contributed by atoms with van der Waals surface area (Å²) in [7, 11) is 1.50. The molecule has 1 rings (SSSR count). The second kappa shape index (κ2) is 6.84. The van der Waals surface area contributed by atoms with Gasteiger partial charge in [-0.15, -0.1) is 0 Å². The van der Waals surface area contributed by atoms with Crippen LogP contribution in [0.3, 0.4) is 0 Å². The molecule has 0 aromatic heterocycles. The van der Waals surface area contributed by atoms with Gasteiger partial charge in [-0.25, -0.2) is 0 Å². The molecule has 7 heteroatoms. The Morgan fingerprint density at radius 3 is 2.79 bits per heavy atom. The monoisotopic (exact) mass is 285 g/mol. The summed E-state index contributed by atoms with van der Waals surface area (Å²) in [5.41, 5.74) is 5.96. The van der Waals surface area contributed by atoms with Gasteiger partial charge in [-0.05, 0) is 24.6 Å². The summed E-state index contributed by atoms with van der Waals surface area (Å²) in [5, 5.41) is 14.5. The average Bonchev–Trinajstić information content (AvgIpc) is 2.39. The Morgan fingerprint density at radius 2 is 2.32 bits per heavy atom. The highest BCUT2D eigenvalue weighted by Gasteiger charge is 2.21. The van der Waals surface area contributed by atoms with Crippen molar-refractivity contribution in [2.75, 3.05) is 12.4 Å². The Hall–Kier alpha value is -1.95. The molecule has 0 aliphatic heterocycles. The minimum atomic E-state index is -0.689. The minimum Gasteiger partial charge on any atom is -0.495 e. The van der Waals surface area contributed by atoms with Crippen LogP contribution >= 0.6 is 11.6 Å². The van der Waals surface area contributed by atoms with Crippen LogP contribution in [0.2, 0.25) is 5.02 Å². The van der Waals surface area contributed by atoms with Gasteiger partial charge in [-0.3, -0.25) is 4.79 Å². The SMILES string of the molecule is CCC(C(=O)Nc1ccc(OC)c(Cl)c1)C(N)=NO. The molecule has 0 heterocycles. The van der Waals surface area contributed by atoms with Crippen LogP contribution in [0.25, 0.3) is 0 Å². The highest BCUT2D eigenvalue weighted by Crippen LogP contribution is 2.27. The number of hydrogen-bond donors (Lipinski definition) is 3. The van der Waals surface area contributed by atoms with Crippen molar-refractivity contribution >= 4 is 29.0 Å². The molecule has 0 saturated heterocycles. The quantitative estimate of drug-likeness (QED) is 0.334. The fourth-order valence-electron chi connectivity index (χ4n) is 1.57. The predicted molar refractivity (Wildman–Crippen MR) is 73.8 cm³/mol. The molecule has 0 aliphatic rings. The summed E-state index contributed by atoms with van der Waals surface area (Å²) < 4.78 is 5.01. The van der Waals surface area contributed by atoms with E-state index in [2.05, 4.69) is 10.5 Å². The van der Waals surface area contributed by atoms with Gasteiger partial charge in [0.2, 0.25) is 5.91 Å². The smallest absolute Gasteiger partial charge is 0.235 e. The molecule has 6 nitrogen and oxygen atoms in total. The van der Waals surface area contributed by atoms with Gasteiger partial charge < -0.3 is 21.0 Å². The van der Waals surface area contributed by atoms with E-state index in [-0.39, 0.29) is 11.7 Å². The van der Waals surface area contributed by atoms with Gasteiger partial charge in [0.1, 0.15) is 5.75 Å². The van der Waals surface area contributed by atoms with E-state index in [1.54, 1.807) is 25.1 Å². The van der Waals surface area contributed by atoms with Gasteiger partial charge in [-0.1, -0.05) is 23.7 Å². The normalized spacial score (nSPS) is 12.9. The molecule has 0 bridgehead atoms. The summed E-state index contributed by atoms with van der Waals surface area (Å²) >= 11 is 5.95. The molecule has 1 atom stereocenters. The molecule has 1 amide bonds. The number of nitrogens with one attached hydrogen (secondary N) is 1. The molecule has 1 unspecified atom stereocenters. The van der Waals surface area contributed by atoms with E-state index >= 15 is 0 Å². The van der Waals surface area contributed by atoms with Crippen molar-refractivity contribution in [3.8, 4) is 5.75 Å². The lowest BCUT2D eigenvalue weighted by molar-refractivity contribution is -0.118. The third-order valence-electron chi connectivity index (χ3n) is 2.62. The highest BCUT2D eigenvalue weighted by atomic mass is 35.5. The topological polar surface area (TPSA) is 96.9 Å². The summed E-state index contributed by atoms with van der Waals surface area (Å²) in [6, 6.07) is 4.86. The van der Waals surface area contributed by atoms with Crippen molar-refractivity contribution in [3.05, 3.63) is 23.2 Å². The first-order valence-electron chi connectivity index (χ1n) is 5.65. The molecule has 104 valence electrons. The largest absolute Gasteiger partial charge is 0.495 e. The molecule has 0 fully saturated rings. The molecular formula is C12H16ClN3O3. The van der Waals surface area contributed by atoms with Crippen LogP contribution in [0.5, 0.6) is 5.75 Å². The van der Waals surface area contributed by atoms with Crippen LogP contribution in [0.15, 0.2) is 23.4 Å². The number of carbonyl (C=O) groups is 1. The number of hydrogen-bond acceptors (Lipinski definition) is 4. The number of nitrogens with two attached hydrogens (primary N) is 1. The lowest BCUT2D eigenvalue weighted by Crippen LogP contribution is -2.34. The van der Waals surface area contributed by atoms with E-state index < -0.39 is 5.92 Å². The van der Waals surface area contributed by atoms with Crippen LogP contribution in [0, 0.1) is 5.92 Å². The van der Waals surface area contributed by atoms with Crippen LogP contribution in [0.1, 0.15) is 13.3 Å². The van der Waals surface area contributed by atoms with E-state index in [1.165, 1.54) is 7.11 Å². The fourth-order valence-corrected chi connectivity index (χ4v) is 1.83. The van der Waals surface area contributed by atoms with Crippen LogP contribution in [-0.4, -0.2) is 24.1 Å². The molecule has 0 radical (unpaired) electrons. The Bertz CT molecular complexity index is 491. The maximum Gasteiger partial charge on any atom is 0.235 e. The minimum absolute atomic E-state index is 0.125. The molecule has 1 aromatic rings. The Labute approximate surface area is 116 Å². The number of amides is 1. The molecule has 0 saturated carbocycles. The van der Waals surface area contributed by atoms with Crippen LogP contribution in [0.4, 0.5) is 5.69 Å². The Morgan fingerprint density at radius 1 is 1.63 bits per heavy atom. The van der Waals surface area contributed by atoms with Gasteiger partial charge in [-0.2, -0.15) is 0 Å². The lowest BCUT2D eigenvalue weighted by Gasteiger charge is -2.14. The maximum atomic E-state index is 12.0. The summed E-state index contributed by atoms with van der Waals surface area (Å²) in [6.45, 7) is 1.77.